The van der Waals surface area contributed by atoms with Crippen molar-refractivity contribution in [2.75, 3.05) is 13.1 Å². The Morgan fingerprint density at radius 1 is 1.27 bits per heavy atom. The van der Waals surface area contributed by atoms with Gasteiger partial charge in [0.15, 0.2) is 0 Å². The van der Waals surface area contributed by atoms with Crippen molar-refractivity contribution < 1.29 is 18.0 Å². The van der Waals surface area contributed by atoms with Crippen LogP contribution in [0.1, 0.15) is 38.6 Å². The second-order valence-corrected chi connectivity index (χ2v) is 5.82. The van der Waals surface area contributed by atoms with Crippen LogP contribution in [-0.4, -0.2) is 38.2 Å². The number of piperidine rings is 1. The lowest BCUT2D eigenvalue weighted by atomic mass is 10.0. The molecule has 1 amide bonds. The van der Waals surface area contributed by atoms with Crippen LogP contribution in [0.25, 0.3) is 0 Å². The van der Waals surface area contributed by atoms with Crippen LogP contribution in [0, 0.1) is 5.92 Å². The van der Waals surface area contributed by atoms with E-state index in [4.69, 9.17) is 0 Å². The zero-order valence-electron chi connectivity index (χ0n) is 12.7. The Kier molecular flexibility index (Phi) is 4.35. The van der Waals surface area contributed by atoms with E-state index in [2.05, 4.69) is 5.10 Å². The molecule has 22 heavy (non-hydrogen) atoms. The average Bonchev–Trinajstić information content (AvgIpc) is 2.74. The zero-order chi connectivity index (χ0) is 16.7. The minimum Gasteiger partial charge on any atom is -0.342 e. The summed E-state index contributed by atoms with van der Waals surface area (Å²) in [6.45, 7) is 4.44. The van der Waals surface area contributed by atoms with Crippen LogP contribution in [0.15, 0.2) is 4.79 Å². The second kappa shape index (κ2) is 5.77. The maximum absolute atomic E-state index is 12.8. The maximum atomic E-state index is 12.8. The van der Waals surface area contributed by atoms with E-state index in [1.54, 1.807) is 18.7 Å². The highest BCUT2D eigenvalue weighted by Gasteiger charge is 2.39. The molecule has 2 rings (SSSR count). The predicted molar refractivity (Wildman–Crippen MR) is 72.2 cm³/mol. The monoisotopic (exact) mass is 320 g/mol. The molecule has 1 saturated heterocycles. The van der Waals surface area contributed by atoms with Gasteiger partial charge in [0.05, 0.1) is 6.04 Å². The van der Waals surface area contributed by atoms with Gasteiger partial charge >= 0.3 is 11.9 Å². The number of hydrogen-bond donors (Lipinski definition) is 0. The summed E-state index contributed by atoms with van der Waals surface area (Å²) in [5, 5.41) is 3.45. The number of likely N-dealkylation sites (tertiary alicyclic amines) is 1. The van der Waals surface area contributed by atoms with Gasteiger partial charge in [-0.1, -0.05) is 13.8 Å². The lowest BCUT2D eigenvalue weighted by Gasteiger charge is -2.32. The van der Waals surface area contributed by atoms with E-state index in [9.17, 15) is 22.8 Å². The van der Waals surface area contributed by atoms with E-state index < -0.39 is 23.7 Å². The molecule has 0 atom stereocenters. The van der Waals surface area contributed by atoms with Crippen LogP contribution in [0.2, 0.25) is 0 Å². The Bertz CT molecular complexity index is 610. The molecule has 0 aliphatic carbocycles. The number of carbonyl (C=O) groups excluding carboxylic acids is 1. The van der Waals surface area contributed by atoms with E-state index in [0.29, 0.717) is 30.5 Å². The third-order valence-electron chi connectivity index (χ3n) is 3.87. The molecule has 6 nitrogen and oxygen atoms in total. The highest BCUT2D eigenvalue weighted by molar-refractivity contribution is 5.78. The number of alkyl halides is 3. The first kappa shape index (κ1) is 16.6. The molecular weight excluding hydrogens is 301 g/mol. The Labute approximate surface area is 125 Å². The van der Waals surface area contributed by atoms with Gasteiger partial charge in [-0.05, 0) is 12.8 Å². The molecule has 9 heteroatoms. The van der Waals surface area contributed by atoms with Crippen molar-refractivity contribution in [2.24, 2.45) is 13.0 Å². The number of amides is 1. The standard InChI is InChI=1S/C13H19F3N4O2/c1-8(2)10(21)19-6-4-9(5-7-19)20-12(22)18(3)11(17-20)13(14,15)16/h8-9H,4-7H2,1-3H3. The molecule has 1 aromatic rings. The van der Waals surface area contributed by atoms with Crippen molar-refractivity contribution in [1.29, 1.82) is 0 Å². The van der Waals surface area contributed by atoms with Crippen LogP contribution in [0.5, 0.6) is 0 Å². The van der Waals surface area contributed by atoms with Gasteiger partial charge in [0, 0.05) is 26.1 Å². The summed E-state index contributed by atoms with van der Waals surface area (Å²) >= 11 is 0. The van der Waals surface area contributed by atoms with Crippen molar-refractivity contribution in [2.45, 2.75) is 38.9 Å². The first-order valence-electron chi connectivity index (χ1n) is 7.14. The molecule has 0 saturated carbocycles. The molecule has 124 valence electrons. The van der Waals surface area contributed by atoms with Gasteiger partial charge in [-0.15, -0.1) is 5.10 Å². The van der Waals surface area contributed by atoms with Gasteiger partial charge in [-0.2, -0.15) is 13.2 Å². The van der Waals surface area contributed by atoms with Crippen LogP contribution in [-0.2, 0) is 18.0 Å². The van der Waals surface area contributed by atoms with Gasteiger partial charge in [-0.25, -0.2) is 9.48 Å². The fourth-order valence-electron chi connectivity index (χ4n) is 2.64. The summed E-state index contributed by atoms with van der Waals surface area (Å²) in [6, 6.07) is -0.411. The molecule has 1 aliphatic rings. The van der Waals surface area contributed by atoms with E-state index in [-0.39, 0.29) is 11.8 Å². The number of carbonyl (C=O) groups is 1. The van der Waals surface area contributed by atoms with E-state index in [1.165, 1.54) is 0 Å². The second-order valence-electron chi connectivity index (χ2n) is 5.82. The molecule has 1 aromatic heterocycles. The molecular formula is C13H19F3N4O2. The van der Waals surface area contributed by atoms with Crippen molar-refractivity contribution >= 4 is 5.91 Å². The fourth-order valence-corrected chi connectivity index (χ4v) is 2.64. The SMILES string of the molecule is CC(C)C(=O)N1CCC(n2nc(C(F)(F)F)n(C)c2=O)CC1. The largest absolute Gasteiger partial charge is 0.451 e. The predicted octanol–water partition coefficient (Wildman–Crippen LogP) is 1.42. The average molecular weight is 320 g/mol. The number of rotatable bonds is 2. The highest BCUT2D eigenvalue weighted by atomic mass is 19.4. The van der Waals surface area contributed by atoms with Crippen LogP contribution in [0.4, 0.5) is 13.2 Å². The van der Waals surface area contributed by atoms with Crippen molar-refractivity contribution in [1.82, 2.24) is 19.2 Å². The summed E-state index contributed by atoms with van der Waals surface area (Å²) in [7, 11) is 1.06. The van der Waals surface area contributed by atoms with Crippen LogP contribution < -0.4 is 5.69 Å². The lowest BCUT2D eigenvalue weighted by Crippen LogP contribution is -2.42. The minimum atomic E-state index is -4.66. The molecule has 0 unspecified atom stereocenters. The number of halogens is 3. The van der Waals surface area contributed by atoms with E-state index >= 15 is 0 Å². The Balaban J connectivity index is 2.16. The Morgan fingerprint density at radius 3 is 2.23 bits per heavy atom. The van der Waals surface area contributed by atoms with E-state index in [1.807, 2.05) is 0 Å². The molecule has 0 N–H and O–H groups in total. The summed E-state index contributed by atoms with van der Waals surface area (Å²) in [5.74, 6) is -1.30. The number of hydrogen-bond acceptors (Lipinski definition) is 3. The highest BCUT2D eigenvalue weighted by Crippen LogP contribution is 2.28. The third-order valence-corrected chi connectivity index (χ3v) is 3.87. The van der Waals surface area contributed by atoms with Crippen molar-refractivity contribution in [3.63, 3.8) is 0 Å². The number of aromatic nitrogens is 3. The van der Waals surface area contributed by atoms with Gasteiger partial charge in [0.2, 0.25) is 11.7 Å². The molecule has 0 radical (unpaired) electrons. The molecule has 1 aliphatic heterocycles. The van der Waals surface area contributed by atoms with Gasteiger partial charge < -0.3 is 4.90 Å². The summed E-state index contributed by atoms with van der Waals surface area (Å²) in [5.41, 5.74) is -0.777. The molecule has 0 spiro atoms. The summed E-state index contributed by atoms with van der Waals surface area (Å²) < 4.78 is 39.8. The third kappa shape index (κ3) is 3.02. The number of nitrogens with zero attached hydrogens (tertiary/aromatic N) is 4. The maximum Gasteiger partial charge on any atom is 0.451 e. The first-order valence-corrected chi connectivity index (χ1v) is 7.14. The smallest absolute Gasteiger partial charge is 0.342 e. The summed E-state index contributed by atoms with van der Waals surface area (Å²) in [6.07, 6.45) is -3.81. The van der Waals surface area contributed by atoms with Crippen molar-refractivity contribution in [3.05, 3.63) is 16.3 Å². The van der Waals surface area contributed by atoms with Crippen molar-refractivity contribution in [3.8, 4) is 0 Å². The normalized spacial score (nSPS) is 17.3. The van der Waals surface area contributed by atoms with Crippen LogP contribution in [0.3, 0.4) is 0 Å². The van der Waals surface area contributed by atoms with E-state index in [0.717, 1.165) is 11.7 Å². The molecule has 2 heterocycles. The topological polar surface area (TPSA) is 60.1 Å². The van der Waals surface area contributed by atoms with Gasteiger partial charge in [0.1, 0.15) is 0 Å². The summed E-state index contributed by atoms with van der Waals surface area (Å²) in [4.78, 5) is 25.5. The van der Waals surface area contributed by atoms with Gasteiger partial charge in [-0.3, -0.25) is 9.36 Å². The fraction of sp³-hybridized carbons (Fsp3) is 0.769. The minimum absolute atomic E-state index is 0.0165. The molecule has 0 aromatic carbocycles. The quantitative estimate of drug-likeness (QED) is 0.828. The van der Waals surface area contributed by atoms with Crippen LogP contribution >= 0.6 is 0 Å². The van der Waals surface area contributed by atoms with Gasteiger partial charge in [0.25, 0.3) is 0 Å². The molecule has 0 bridgehead atoms. The first-order chi connectivity index (χ1) is 10.1. The zero-order valence-corrected chi connectivity index (χ0v) is 12.7. The Hall–Kier alpha value is -1.80. The molecule has 1 fully saturated rings. The lowest BCUT2D eigenvalue weighted by molar-refractivity contribution is -0.147. The Morgan fingerprint density at radius 2 is 1.82 bits per heavy atom.